The molecule has 3 nitrogen and oxygen atoms in total. The number of phenolic OH excluding ortho intramolecular Hbond substituents is 1. The van der Waals surface area contributed by atoms with Crippen LogP contribution < -0.4 is 4.74 Å². The van der Waals surface area contributed by atoms with Gasteiger partial charge in [0, 0.05) is 0 Å². The van der Waals surface area contributed by atoms with Gasteiger partial charge in [-0.1, -0.05) is 30.3 Å². The third kappa shape index (κ3) is 2.74. The number of hydrogen-bond acceptors (Lipinski definition) is 3. The van der Waals surface area contributed by atoms with E-state index in [-0.39, 0.29) is 18.0 Å². The molecule has 2 atom stereocenters. The number of ether oxygens (including phenoxy) is 2. The van der Waals surface area contributed by atoms with Gasteiger partial charge < -0.3 is 14.6 Å². The molecule has 3 heteroatoms. The van der Waals surface area contributed by atoms with Crippen molar-refractivity contribution in [3.8, 4) is 11.5 Å². The average Bonchev–Trinajstić information content (AvgIpc) is 2.67. The summed E-state index contributed by atoms with van der Waals surface area (Å²) in [4.78, 5) is 0. The highest BCUT2D eigenvalue weighted by Crippen LogP contribution is 2.39. The van der Waals surface area contributed by atoms with E-state index in [2.05, 4.69) is 19.1 Å². The van der Waals surface area contributed by atoms with Gasteiger partial charge in [-0.15, -0.1) is 0 Å². The molecule has 2 aromatic carbocycles. The molecule has 1 aliphatic heterocycles. The van der Waals surface area contributed by atoms with Crippen molar-refractivity contribution < 1.29 is 14.6 Å². The zero-order chi connectivity index (χ0) is 14.8. The minimum atomic E-state index is -0.143. The lowest BCUT2D eigenvalue weighted by Crippen LogP contribution is -2.12. The lowest BCUT2D eigenvalue weighted by Gasteiger charge is -2.22. The highest BCUT2D eigenvalue weighted by atomic mass is 16.5. The molecule has 3 rings (SSSR count). The number of fused-ring (bicyclic) bond motifs is 1. The van der Waals surface area contributed by atoms with Gasteiger partial charge in [-0.05, 0) is 48.6 Å². The average molecular weight is 284 g/mol. The molecule has 1 aliphatic rings. The maximum Gasteiger partial charge on any atom is 0.160 e. The number of hydrogen-bond donors (Lipinski definition) is 1. The van der Waals surface area contributed by atoms with Crippen LogP contribution in [0.4, 0.5) is 0 Å². The summed E-state index contributed by atoms with van der Waals surface area (Å²) in [6.07, 6.45) is 1.92. The second kappa shape index (κ2) is 5.78. The lowest BCUT2D eigenvalue weighted by atomic mass is 9.94. The van der Waals surface area contributed by atoms with Crippen molar-refractivity contribution in [3.63, 3.8) is 0 Å². The van der Waals surface area contributed by atoms with E-state index in [9.17, 15) is 5.11 Å². The van der Waals surface area contributed by atoms with Crippen LogP contribution >= 0.6 is 0 Å². The van der Waals surface area contributed by atoms with E-state index in [1.807, 2.05) is 24.3 Å². The zero-order valence-electron chi connectivity index (χ0n) is 12.4. The van der Waals surface area contributed by atoms with Gasteiger partial charge in [-0.25, -0.2) is 0 Å². The van der Waals surface area contributed by atoms with Crippen LogP contribution in [0.15, 0.2) is 42.5 Å². The molecule has 21 heavy (non-hydrogen) atoms. The van der Waals surface area contributed by atoms with Gasteiger partial charge in [0.15, 0.2) is 11.5 Å². The predicted octanol–water partition coefficient (Wildman–Crippen LogP) is 3.84. The predicted molar refractivity (Wildman–Crippen MR) is 81.8 cm³/mol. The maximum atomic E-state index is 10.1. The van der Waals surface area contributed by atoms with Gasteiger partial charge in [-0.3, -0.25) is 0 Å². The van der Waals surface area contributed by atoms with Gasteiger partial charge >= 0.3 is 0 Å². The van der Waals surface area contributed by atoms with Crippen molar-refractivity contribution in [1.29, 1.82) is 0 Å². The molecule has 2 aromatic rings. The van der Waals surface area contributed by atoms with Crippen molar-refractivity contribution in [1.82, 2.24) is 0 Å². The normalized spacial score (nSPS) is 21.4. The fourth-order valence-electron chi connectivity index (χ4n) is 2.87. The Morgan fingerprint density at radius 3 is 2.67 bits per heavy atom. The van der Waals surface area contributed by atoms with Gasteiger partial charge in [0.05, 0.1) is 13.2 Å². The van der Waals surface area contributed by atoms with Gasteiger partial charge in [0.25, 0.3) is 0 Å². The van der Waals surface area contributed by atoms with E-state index in [1.165, 1.54) is 5.56 Å². The monoisotopic (exact) mass is 284 g/mol. The van der Waals surface area contributed by atoms with Gasteiger partial charge in [0.2, 0.25) is 0 Å². The third-order valence-corrected chi connectivity index (χ3v) is 4.01. The second-order valence-corrected chi connectivity index (χ2v) is 5.50. The number of rotatable bonds is 2. The van der Waals surface area contributed by atoms with Crippen LogP contribution in [-0.4, -0.2) is 18.3 Å². The fourth-order valence-corrected chi connectivity index (χ4v) is 2.87. The quantitative estimate of drug-likeness (QED) is 0.910. The molecule has 0 aromatic heterocycles. The first-order valence-corrected chi connectivity index (χ1v) is 7.29. The number of aromatic hydroxyl groups is 1. The molecule has 0 unspecified atom stereocenters. The minimum absolute atomic E-state index is 0.143. The van der Waals surface area contributed by atoms with Gasteiger partial charge in [-0.2, -0.15) is 0 Å². The Hall–Kier alpha value is -2.00. The lowest BCUT2D eigenvalue weighted by molar-refractivity contribution is 0.0204. The molecule has 0 saturated carbocycles. The molecule has 110 valence electrons. The number of aryl methyl sites for hydroxylation is 1. The van der Waals surface area contributed by atoms with Crippen molar-refractivity contribution in [2.24, 2.45) is 0 Å². The first-order chi connectivity index (χ1) is 10.2. The molecular formula is C18H20O3. The SMILES string of the molecule is COc1cc2c(cc1O)[C@H](c1ccccc1)O[C@H](C)CC2. The summed E-state index contributed by atoms with van der Waals surface area (Å²) >= 11 is 0. The van der Waals surface area contributed by atoms with Crippen LogP contribution in [-0.2, 0) is 11.2 Å². The van der Waals surface area contributed by atoms with Crippen LogP contribution in [0.25, 0.3) is 0 Å². The largest absolute Gasteiger partial charge is 0.504 e. The summed E-state index contributed by atoms with van der Waals surface area (Å²) in [6, 6.07) is 13.9. The third-order valence-electron chi connectivity index (χ3n) is 4.01. The second-order valence-electron chi connectivity index (χ2n) is 5.50. The molecule has 0 spiro atoms. The van der Waals surface area contributed by atoms with E-state index in [0.717, 1.165) is 24.0 Å². The van der Waals surface area contributed by atoms with Crippen LogP contribution in [0.5, 0.6) is 11.5 Å². The topological polar surface area (TPSA) is 38.7 Å². The zero-order valence-corrected chi connectivity index (χ0v) is 12.4. The van der Waals surface area contributed by atoms with E-state index in [0.29, 0.717) is 5.75 Å². The molecule has 0 radical (unpaired) electrons. The van der Waals surface area contributed by atoms with Crippen molar-refractivity contribution in [2.45, 2.75) is 32.0 Å². The Morgan fingerprint density at radius 2 is 1.95 bits per heavy atom. The molecule has 0 saturated heterocycles. The fraction of sp³-hybridized carbons (Fsp3) is 0.333. The summed E-state index contributed by atoms with van der Waals surface area (Å²) in [7, 11) is 1.58. The standard InChI is InChI=1S/C18H20O3/c1-12-8-9-14-10-17(20-2)16(19)11-15(14)18(21-12)13-6-4-3-5-7-13/h3-7,10-12,18-19H,8-9H2,1-2H3/t12-,18+/m1/s1. The molecule has 0 aliphatic carbocycles. The highest BCUT2D eigenvalue weighted by molar-refractivity contribution is 5.49. The van der Waals surface area contributed by atoms with E-state index in [4.69, 9.17) is 9.47 Å². The van der Waals surface area contributed by atoms with Crippen LogP contribution in [0, 0.1) is 0 Å². The Bertz CT molecular complexity index is 622. The van der Waals surface area contributed by atoms with E-state index < -0.39 is 0 Å². The molecule has 1 heterocycles. The van der Waals surface area contributed by atoms with E-state index >= 15 is 0 Å². The number of phenols is 1. The number of methoxy groups -OCH3 is 1. The van der Waals surface area contributed by atoms with Crippen LogP contribution in [0.2, 0.25) is 0 Å². The molecule has 1 N–H and O–H groups in total. The summed E-state index contributed by atoms with van der Waals surface area (Å²) in [5, 5.41) is 10.1. The molecular weight excluding hydrogens is 264 g/mol. The summed E-state index contributed by atoms with van der Waals surface area (Å²) in [5.41, 5.74) is 3.32. The smallest absolute Gasteiger partial charge is 0.160 e. The van der Waals surface area contributed by atoms with Crippen LogP contribution in [0.3, 0.4) is 0 Å². The van der Waals surface area contributed by atoms with Crippen molar-refractivity contribution in [2.75, 3.05) is 7.11 Å². The summed E-state index contributed by atoms with van der Waals surface area (Å²) in [6.45, 7) is 2.10. The molecule has 0 bridgehead atoms. The van der Waals surface area contributed by atoms with E-state index in [1.54, 1.807) is 13.2 Å². The maximum absolute atomic E-state index is 10.1. The summed E-state index contributed by atoms with van der Waals surface area (Å²) < 4.78 is 11.4. The summed E-state index contributed by atoms with van der Waals surface area (Å²) in [5.74, 6) is 0.686. The van der Waals surface area contributed by atoms with Crippen LogP contribution in [0.1, 0.15) is 36.1 Å². The first-order valence-electron chi connectivity index (χ1n) is 7.29. The minimum Gasteiger partial charge on any atom is -0.504 e. The Kier molecular flexibility index (Phi) is 3.84. The van der Waals surface area contributed by atoms with Crippen molar-refractivity contribution >= 4 is 0 Å². The molecule has 0 fully saturated rings. The first kappa shape index (κ1) is 14.0. The van der Waals surface area contributed by atoms with Gasteiger partial charge in [0.1, 0.15) is 6.10 Å². The highest BCUT2D eigenvalue weighted by Gasteiger charge is 2.26. The Labute approximate surface area is 125 Å². The Morgan fingerprint density at radius 1 is 1.19 bits per heavy atom. The molecule has 0 amide bonds. The Balaban J connectivity index is 2.11. The van der Waals surface area contributed by atoms with Crippen molar-refractivity contribution in [3.05, 3.63) is 59.2 Å². The number of benzene rings is 2.